The van der Waals surface area contributed by atoms with Gasteiger partial charge >= 0.3 is 0 Å². The van der Waals surface area contributed by atoms with Crippen LogP contribution in [0.1, 0.15) is 32.1 Å². The fourth-order valence-corrected chi connectivity index (χ4v) is 3.07. The number of aliphatic hydroxyl groups is 2. The minimum Gasteiger partial charge on any atom is -0.394 e. The highest BCUT2D eigenvalue weighted by molar-refractivity contribution is 4.98. The van der Waals surface area contributed by atoms with Gasteiger partial charge in [0.2, 0.25) is 0 Å². The molecule has 1 atom stereocenters. The molecule has 17 heavy (non-hydrogen) atoms. The Kier molecular flexibility index (Phi) is 3.88. The summed E-state index contributed by atoms with van der Waals surface area (Å²) in [6, 6.07) is 0. The van der Waals surface area contributed by atoms with Gasteiger partial charge in [0.15, 0.2) is 5.79 Å². The van der Waals surface area contributed by atoms with Crippen molar-refractivity contribution in [3.8, 4) is 0 Å². The molecule has 4 nitrogen and oxygen atoms in total. The van der Waals surface area contributed by atoms with Gasteiger partial charge in [-0.2, -0.15) is 0 Å². The average Bonchev–Trinajstić information content (AvgIpc) is 2.81. The molecule has 2 rings (SSSR count). The first-order valence-electron chi connectivity index (χ1n) is 6.34. The van der Waals surface area contributed by atoms with Crippen LogP contribution in [0.25, 0.3) is 0 Å². The highest BCUT2D eigenvalue weighted by atomic mass is 16.7. The summed E-state index contributed by atoms with van der Waals surface area (Å²) in [6.07, 6.45) is 5.06. The molecule has 0 bridgehead atoms. The van der Waals surface area contributed by atoms with Gasteiger partial charge < -0.3 is 19.7 Å². The molecule has 4 heteroatoms. The minimum atomic E-state index is -0.681. The maximum Gasteiger partial charge on any atom is 0.168 e. The molecule has 2 N–H and O–H groups in total. The number of ether oxygens (including phenoxy) is 2. The first-order chi connectivity index (χ1) is 8.16. The Hall–Kier alpha value is -0.420. The predicted molar refractivity (Wildman–Crippen MR) is 63.4 cm³/mol. The van der Waals surface area contributed by atoms with Crippen molar-refractivity contribution in [1.82, 2.24) is 0 Å². The van der Waals surface area contributed by atoms with E-state index in [2.05, 4.69) is 6.58 Å². The highest BCUT2D eigenvalue weighted by Gasteiger charge is 2.48. The minimum absolute atomic E-state index is 0.192. The van der Waals surface area contributed by atoms with E-state index in [9.17, 15) is 10.2 Å². The molecule has 0 radical (unpaired) electrons. The summed E-state index contributed by atoms with van der Waals surface area (Å²) in [6.45, 7) is 4.89. The van der Waals surface area contributed by atoms with Crippen molar-refractivity contribution < 1.29 is 19.7 Å². The molecule has 0 unspecified atom stereocenters. The van der Waals surface area contributed by atoms with Crippen LogP contribution in [0.5, 0.6) is 0 Å². The fraction of sp³-hybridized carbons (Fsp3) is 0.846. The van der Waals surface area contributed by atoms with Crippen LogP contribution in [0.4, 0.5) is 0 Å². The molecule has 1 spiro atoms. The summed E-state index contributed by atoms with van der Waals surface area (Å²) in [4.78, 5) is 0. The Morgan fingerprint density at radius 2 is 1.76 bits per heavy atom. The zero-order chi connectivity index (χ0) is 12.4. The molecule has 2 aliphatic rings. The highest BCUT2D eigenvalue weighted by Crippen LogP contribution is 2.48. The molecule has 1 heterocycles. The van der Waals surface area contributed by atoms with Crippen LogP contribution in [0.15, 0.2) is 12.7 Å². The van der Waals surface area contributed by atoms with Gasteiger partial charge in [-0.25, -0.2) is 0 Å². The monoisotopic (exact) mass is 242 g/mol. The Labute approximate surface area is 102 Å². The Morgan fingerprint density at radius 3 is 2.24 bits per heavy atom. The first-order valence-corrected chi connectivity index (χ1v) is 6.34. The van der Waals surface area contributed by atoms with E-state index in [-0.39, 0.29) is 12.0 Å². The molecule has 0 amide bonds. The molecule has 1 saturated heterocycles. The second kappa shape index (κ2) is 5.06. The average molecular weight is 242 g/mol. The molecule has 1 saturated carbocycles. The third-order valence-electron chi connectivity index (χ3n) is 4.25. The third-order valence-corrected chi connectivity index (χ3v) is 4.25. The lowest BCUT2D eigenvalue weighted by Crippen LogP contribution is -2.46. The maximum atomic E-state index is 10.0. The van der Waals surface area contributed by atoms with Crippen LogP contribution >= 0.6 is 0 Å². The second-order valence-electron chi connectivity index (χ2n) is 5.16. The van der Waals surface area contributed by atoms with Crippen LogP contribution in [-0.2, 0) is 9.47 Å². The second-order valence-corrected chi connectivity index (χ2v) is 5.16. The lowest BCUT2D eigenvalue weighted by Gasteiger charge is -2.45. The van der Waals surface area contributed by atoms with E-state index in [0.29, 0.717) is 13.2 Å². The van der Waals surface area contributed by atoms with E-state index in [1.807, 2.05) is 6.08 Å². The van der Waals surface area contributed by atoms with Crippen molar-refractivity contribution in [2.75, 3.05) is 19.8 Å². The number of aliphatic hydroxyl groups excluding tert-OH is 2. The fourth-order valence-electron chi connectivity index (χ4n) is 3.07. The van der Waals surface area contributed by atoms with Crippen LogP contribution in [0.3, 0.4) is 0 Å². The normalized spacial score (nSPS) is 28.1. The lowest BCUT2D eigenvalue weighted by atomic mass is 9.66. The van der Waals surface area contributed by atoms with E-state index in [0.717, 1.165) is 32.1 Å². The summed E-state index contributed by atoms with van der Waals surface area (Å²) in [7, 11) is 0. The number of hydrogen-bond acceptors (Lipinski definition) is 4. The Bertz CT molecular complexity index is 261. The summed E-state index contributed by atoms with van der Waals surface area (Å²) in [5, 5.41) is 19.2. The maximum absolute atomic E-state index is 10.0. The van der Waals surface area contributed by atoms with Crippen LogP contribution in [0.2, 0.25) is 0 Å². The first kappa shape index (κ1) is 13.0. The van der Waals surface area contributed by atoms with E-state index >= 15 is 0 Å². The molecule has 1 aliphatic heterocycles. The van der Waals surface area contributed by atoms with Crippen molar-refractivity contribution in [3.05, 3.63) is 12.7 Å². The smallest absolute Gasteiger partial charge is 0.168 e. The molecule has 0 aromatic carbocycles. The Balaban J connectivity index is 2.04. The number of rotatable bonds is 4. The number of allylic oxidation sites excluding steroid dienone is 1. The standard InChI is InChI=1S/C13H22O4/c1-2-3-12(11(15)10-14)4-6-13(7-5-12)16-8-9-17-13/h2,11,14-15H,1,3-10H2/t11-/m0/s1. The van der Waals surface area contributed by atoms with Crippen LogP contribution in [0, 0.1) is 5.41 Å². The zero-order valence-electron chi connectivity index (χ0n) is 10.2. The number of hydrogen-bond donors (Lipinski definition) is 2. The molecule has 0 aromatic heterocycles. The van der Waals surface area contributed by atoms with Gasteiger partial charge in [0, 0.05) is 18.3 Å². The molecule has 98 valence electrons. The van der Waals surface area contributed by atoms with E-state index in [1.54, 1.807) is 0 Å². The van der Waals surface area contributed by atoms with Gasteiger partial charge in [0.25, 0.3) is 0 Å². The molecule has 1 aliphatic carbocycles. The van der Waals surface area contributed by atoms with Gasteiger partial charge in [0.05, 0.1) is 25.9 Å². The summed E-state index contributed by atoms with van der Waals surface area (Å²) >= 11 is 0. The lowest BCUT2D eigenvalue weighted by molar-refractivity contribution is -0.202. The molecular formula is C13H22O4. The largest absolute Gasteiger partial charge is 0.394 e. The van der Waals surface area contributed by atoms with E-state index < -0.39 is 11.9 Å². The van der Waals surface area contributed by atoms with Crippen molar-refractivity contribution in [2.45, 2.75) is 44.0 Å². The van der Waals surface area contributed by atoms with Gasteiger partial charge in [-0.1, -0.05) is 6.08 Å². The third kappa shape index (κ3) is 2.40. The van der Waals surface area contributed by atoms with Gasteiger partial charge in [-0.05, 0) is 19.3 Å². The van der Waals surface area contributed by atoms with E-state index in [1.165, 1.54) is 0 Å². The van der Waals surface area contributed by atoms with Gasteiger partial charge in [-0.3, -0.25) is 0 Å². The van der Waals surface area contributed by atoms with Crippen molar-refractivity contribution in [3.63, 3.8) is 0 Å². The molecule has 2 fully saturated rings. The van der Waals surface area contributed by atoms with E-state index in [4.69, 9.17) is 9.47 Å². The van der Waals surface area contributed by atoms with Crippen molar-refractivity contribution in [1.29, 1.82) is 0 Å². The predicted octanol–water partition coefficient (Wildman–Crippen LogP) is 1.22. The Morgan fingerprint density at radius 1 is 1.18 bits per heavy atom. The summed E-state index contributed by atoms with van der Waals surface area (Å²) in [5.41, 5.74) is -0.253. The van der Waals surface area contributed by atoms with Crippen molar-refractivity contribution in [2.24, 2.45) is 5.41 Å². The zero-order valence-corrected chi connectivity index (χ0v) is 10.2. The van der Waals surface area contributed by atoms with Crippen LogP contribution in [-0.4, -0.2) is 41.9 Å². The molecule has 0 aromatic rings. The SMILES string of the molecule is C=CCC1([C@@H](O)CO)CCC2(CC1)OCCO2. The summed E-state index contributed by atoms with van der Waals surface area (Å²) < 4.78 is 11.3. The quantitative estimate of drug-likeness (QED) is 0.728. The topological polar surface area (TPSA) is 58.9 Å². The summed E-state index contributed by atoms with van der Waals surface area (Å²) in [5.74, 6) is -0.417. The van der Waals surface area contributed by atoms with Gasteiger partial charge in [0.1, 0.15) is 0 Å². The van der Waals surface area contributed by atoms with Crippen LogP contribution < -0.4 is 0 Å². The van der Waals surface area contributed by atoms with Crippen molar-refractivity contribution >= 4 is 0 Å². The molecular weight excluding hydrogens is 220 g/mol. The van der Waals surface area contributed by atoms with Gasteiger partial charge in [-0.15, -0.1) is 6.58 Å².